The Morgan fingerprint density at radius 2 is 1.82 bits per heavy atom. The van der Waals surface area contributed by atoms with Crippen LogP contribution in [-0.2, 0) is 10.0 Å². The summed E-state index contributed by atoms with van der Waals surface area (Å²) < 4.78 is 43.3. The van der Waals surface area contributed by atoms with Gasteiger partial charge < -0.3 is 14.0 Å². The fraction of sp³-hybridized carbons (Fsp3) is 0.308. The molecule has 0 fully saturated rings. The van der Waals surface area contributed by atoms with Crippen molar-refractivity contribution in [3.05, 3.63) is 27.9 Å². The van der Waals surface area contributed by atoms with Crippen molar-refractivity contribution in [2.75, 3.05) is 18.9 Å². The molecule has 7 nitrogen and oxygen atoms in total. The molecule has 2 aromatic rings. The molecule has 0 aliphatic carbocycles. The van der Waals surface area contributed by atoms with Crippen LogP contribution in [0.5, 0.6) is 11.5 Å². The quantitative estimate of drug-likeness (QED) is 0.843. The van der Waals surface area contributed by atoms with Crippen LogP contribution in [0.3, 0.4) is 0 Å². The predicted molar refractivity (Wildman–Crippen MR) is 84.0 cm³/mol. The molecule has 0 aliphatic heterocycles. The maximum atomic E-state index is 12.6. The van der Waals surface area contributed by atoms with Crippen LogP contribution in [0.15, 0.2) is 26.0 Å². The maximum absolute atomic E-state index is 12.6. The molecule has 1 aromatic carbocycles. The van der Waals surface area contributed by atoms with E-state index in [4.69, 9.17) is 14.0 Å². The standard InChI is InChI=1S/C13H15BrN2O5S/c1-7-8(2)15-21-13(7)16-22(17,18)12-6-10(19-3)9(14)5-11(12)20-4/h5-6,16H,1-4H3. The van der Waals surface area contributed by atoms with Gasteiger partial charge in [0.15, 0.2) is 0 Å². The number of aryl methyl sites for hydroxylation is 1. The average molecular weight is 391 g/mol. The Hall–Kier alpha value is -1.74. The number of methoxy groups -OCH3 is 2. The summed E-state index contributed by atoms with van der Waals surface area (Å²) in [4.78, 5) is -0.0662. The van der Waals surface area contributed by atoms with Gasteiger partial charge in [0.1, 0.15) is 16.4 Å². The third kappa shape index (κ3) is 3.05. The number of benzene rings is 1. The normalized spacial score (nSPS) is 11.3. The zero-order valence-electron chi connectivity index (χ0n) is 12.4. The second-order valence-electron chi connectivity index (χ2n) is 4.47. The van der Waals surface area contributed by atoms with E-state index in [-0.39, 0.29) is 16.5 Å². The highest BCUT2D eigenvalue weighted by Crippen LogP contribution is 2.36. The third-order valence-electron chi connectivity index (χ3n) is 3.11. The van der Waals surface area contributed by atoms with Gasteiger partial charge in [0.05, 0.1) is 24.4 Å². The summed E-state index contributed by atoms with van der Waals surface area (Å²) in [6, 6.07) is 2.88. The molecule has 1 N–H and O–H groups in total. The lowest BCUT2D eigenvalue weighted by atomic mass is 10.3. The van der Waals surface area contributed by atoms with Crippen LogP contribution < -0.4 is 14.2 Å². The number of rotatable bonds is 5. The van der Waals surface area contributed by atoms with Crippen molar-refractivity contribution in [1.82, 2.24) is 5.16 Å². The lowest BCUT2D eigenvalue weighted by molar-refractivity contribution is 0.390. The third-order valence-corrected chi connectivity index (χ3v) is 5.08. The van der Waals surface area contributed by atoms with Gasteiger partial charge in [-0.3, -0.25) is 0 Å². The van der Waals surface area contributed by atoms with E-state index in [9.17, 15) is 8.42 Å². The van der Waals surface area contributed by atoms with E-state index >= 15 is 0 Å². The first-order valence-electron chi connectivity index (χ1n) is 6.17. The molecule has 120 valence electrons. The van der Waals surface area contributed by atoms with Crippen molar-refractivity contribution in [3.63, 3.8) is 0 Å². The van der Waals surface area contributed by atoms with E-state index in [2.05, 4.69) is 25.8 Å². The highest BCUT2D eigenvalue weighted by molar-refractivity contribution is 9.10. The number of nitrogens with one attached hydrogen (secondary N) is 1. The molecule has 0 spiro atoms. The number of hydrogen-bond acceptors (Lipinski definition) is 6. The Balaban J connectivity index is 2.51. The maximum Gasteiger partial charge on any atom is 0.268 e. The molecule has 0 atom stereocenters. The summed E-state index contributed by atoms with van der Waals surface area (Å²) >= 11 is 3.28. The van der Waals surface area contributed by atoms with E-state index < -0.39 is 10.0 Å². The number of aromatic nitrogens is 1. The molecule has 1 aromatic heterocycles. The number of sulfonamides is 1. The van der Waals surface area contributed by atoms with Crippen LogP contribution >= 0.6 is 15.9 Å². The lowest BCUT2D eigenvalue weighted by Gasteiger charge is -2.13. The summed E-state index contributed by atoms with van der Waals surface area (Å²) in [6.45, 7) is 3.43. The Morgan fingerprint density at radius 1 is 1.18 bits per heavy atom. The minimum absolute atomic E-state index is 0.0662. The van der Waals surface area contributed by atoms with E-state index in [1.807, 2.05) is 0 Å². The van der Waals surface area contributed by atoms with Crippen molar-refractivity contribution in [1.29, 1.82) is 0 Å². The molecular formula is C13H15BrN2O5S. The van der Waals surface area contributed by atoms with Gasteiger partial charge in [0, 0.05) is 11.6 Å². The van der Waals surface area contributed by atoms with E-state index in [1.54, 1.807) is 13.8 Å². The van der Waals surface area contributed by atoms with Crippen LogP contribution in [-0.4, -0.2) is 27.8 Å². The van der Waals surface area contributed by atoms with Gasteiger partial charge >= 0.3 is 0 Å². The van der Waals surface area contributed by atoms with Gasteiger partial charge in [-0.15, -0.1) is 0 Å². The van der Waals surface area contributed by atoms with E-state index in [0.717, 1.165) is 0 Å². The predicted octanol–water partition coefficient (Wildman–Crippen LogP) is 2.87. The molecule has 1 heterocycles. The molecular weight excluding hydrogens is 376 g/mol. The Bertz CT molecular complexity index is 801. The van der Waals surface area contributed by atoms with Crippen molar-refractivity contribution < 1.29 is 22.4 Å². The zero-order chi connectivity index (χ0) is 16.5. The molecule has 0 unspecified atom stereocenters. The van der Waals surface area contributed by atoms with Crippen LogP contribution in [0.25, 0.3) is 0 Å². The Labute approximate surface area is 136 Å². The highest BCUT2D eigenvalue weighted by Gasteiger charge is 2.25. The molecule has 0 amide bonds. The van der Waals surface area contributed by atoms with Crippen LogP contribution in [0.1, 0.15) is 11.3 Å². The Morgan fingerprint density at radius 3 is 2.32 bits per heavy atom. The topological polar surface area (TPSA) is 90.7 Å². The van der Waals surface area contributed by atoms with Gasteiger partial charge in [0.2, 0.25) is 5.88 Å². The molecule has 9 heteroatoms. The van der Waals surface area contributed by atoms with Gasteiger partial charge in [-0.05, 0) is 35.8 Å². The Kier molecular flexibility index (Phi) is 4.66. The summed E-state index contributed by atoms with van der Waals surface area (Å²) in [5.41, 5.74) is 1.23. The minimum atomic E-state index is -3.92. The largest absolute Gasteiger partial charge is 0.496 e. The fourth-order valence-corrected chi connectivity index (χ4v) is 3.43. The van der Waals surface area contributed by atoms with Gasteiger partial charge in [0.25, 0.3) is 10.0 Å². The van der Waals surface area contributed by atoms with Gasteiger partial charge in [-0.2, -0.15) is 0 Å². The molecule has 0 radical (unpaired) electrons. The van der Waals surface area contributed by atoms with Gasteiger partial charge in [-0.1, -0.05) is 5.16 Å². The number of hydrogen-bond donors (Lipinski definition) is 1. The molecule has 0 bridgehead atoms. The molecule has 22 heavy (non-hydrogen) atoms. The summed E-state index contributed by atoms with van der Waals surface area (Å²) in [5, 5.41) is 3.72. The number of nitrogens with zero attached hydrogens (tertiary/aromatic N) is 1. The minimum Gasteiger partial charge on any atom is -0.496 e. The number of ether oxygens (including phenoxy) is 2. The smallest absolute Gasteiger partial charge is 0.268 e. The first-order valence-corrected chi connectivity index (χ1v) is 8.45. The second kappa shape index (κ2) is 6.17. The molecule has 2 rings (SSSR count). The molecule has 0 aliphatic rings. The molecule has 0 saturated carbocycles. The van der Waals surface area contributed by atoms with Crippen LogP contribution in [0, 0.1) is 13.8 Å². The number of anilines is 1. The summed E-state index contributed by atoms with van der Waals surface area (Å²) in [6.07, 6.45) is 0. The second-order valence-corrected chi connectivity index (χ2v) is 6.97. The highest BCUT2D eigenvalue weighted by atomic mass is 79.9. The fourth-order valence-electron chi connectivity index (χ4n) is 1.73. The molecule has 0 saturated heterocycles. The van der Waals surface area contributed by atoms with Crippen molar-refractivity contribution >= 4 is 31.8 Å². The van der Waals surface area contributed by atoms with Crippen molar-refractivity contribution in [2.45, 2.75) is 18.7 Å². The van der Waals surface area contributed by atoms with E-state index in [1.165, 1.54) is 26.4 Å². The monoisotopic (exact) mass is 390 g/mol. The van der Waals surface area contributed by atoms with Crippen molar-refractivity contribution in [2.24, 2.45) is 0 Å². The van der Waals surface area contributed by atoms with Crippen molar-refractivity contribution in [3.8, 4) is 11.5 Å². The summed E-state index contributed by atoms with van der Waals surface area (Å²) in [5.74, 6) is 0.613. The number of halogens is 1. The van der Waals surface area contributed by atoms with Crippen LogP contribution in [0.2, 0.25) is 0 Å². The van der Waals surface area contributed by atoms with Gasteiger partial charge in [-0.25, -0.2) is 13.1 Å². The zero-order valence-corrected chi connectivity index (χ0v) is 14.8. The van der Waals surface area contributed by atoms with Crippen LogP contribution in [0.4, 0.5) is 5.88 Å². The first-order chi connectivity index (χ1) is 10.3. The SMILES string of the molecule is COc1cc(S(=O)(=O)Nc2onc(C)c2C)c(OC)cc1Br. The average Bonchev–Trinajstić information content (AvgIpc) is 2.78. The summed E-state index contributed by atoms with van der Waals surface area (Å²) in [7, 11) is -1.09. The first kappa shape index (κ1) is 16.6. The lowest BCUT2D eigenvalue weighted by Crippen LogP contribution is -2.14. The van der Waals surface area contributed by atoms with E-state index in [0.29, 0.717) is 21.5 Å².